The summed E-state index contributed by atoms with van der Waals surface area (Å²) >= 11 is 0. The number of nitrogens with one attached hydrogen (secondary N) is 2. The standard InChI is InChI=1S/C31H35N9O3/c1-3-24-30(38-43-37-24)31(42)36-29(22-9-4-19(2)5-10-22)25(18-41)35-23-14-34-40(17-23)26(12-20-6-7-20)27-15-33-28-11-8-21(13-32)16-39(27)28/h8,11,14-17,19-20,22,26,29,35H,3-7,9-10,12H2,1-2H3,(H,36,42)/t19-,22-,26-,29+/m1/s1. The lowest BCUT2D eigenvalue weighted by Gasteiger charge is -2.33. The Balaban J connectivity index is 1.27. The van der Waals surface area contributed by atoms with Gasteiger partial charge in [0.15, 0.2) is 5.69 Å². The Morgan fingerprint density at radius 3 is 2.67 bits per heavy atom. The van der Waals surface area contributed by atoms with Crippen LogP contribution in [-0.4, -0.2) is 47.4 Å². The Morgan fingerprint density at radius 1 is 1.14 bits per heavy atom. The zero-order valence-electron chi connectivity index (χ0n) is 24.4. The van der Waals surface area contributed by atoms with E-state index in [1.165, 1.54) is 12.8 Å². The lowest BCUT2D eigenvalue weighted by Crippen LogP contribution is -2.45. The van der Waals surface area contributed by atoms with Crippen molar-refractivity contribution >= 4 is 23.2 Å². The van der Waals surface area contributed by atoms with Crippen LogP contribution in [0.25, 0.3) is 5.65 Å². The van der Waals surface area contributed by atoms with E-state index in [1.807, 2.05) is 34.5 Å². The van der Waals surface area contributed by atoms with Crippen LogP contribution in [-0.2, 0) is 11.2 Å². The molecule has 4 aromatic rings. The summed E-state index contributed by atoms with van der Waals surface area (Å²) in [7, 11) is 0. The molecule has 0 saturated heterocycles. The maximum absolute atomic E-state index is 13.3. The second kappa shape index (κ2) is 12.2. The fourth-order valence-electron chi connectivity index (χ4n) is 6.11. The van der Waals surface area contributed by atoms with E-state index in [9.17, 15) is 14.9 Å². The SMILES string of the molecule is CCc1nonc1C(=O)N[C@H](C(=C=O)Nc1cnn([C@H](CC2CC2)c2cnc3ccc(C#N)cn23)c1)[C@H]1CC[C@H](C)CC1. The number of nitrogens with zero attached hydrogens (tertiary/aromatic N) is 7. The van der Waals surface area contributed by atoms with Crippen molar-refractivity contribution in [2.45, 2.75) is 77.3 Å². The van der Waals surface area contributed by atoms with Crippen molar-refractivity contribution in [2.24, 2.45) is 17.8 Å². The molecule has 2 saturated carbocycles. The van der Waals surface area contributed by atoms with Crippen molar-refractivity contribution in [2.75, 3.05) is 5.32 Å². The third kappa shape index (κ3) is 6.08. The maximum Gasteiger partial charge on any atom is 0.276 e. The van der Waals surface area contributed by atoms with Gasteiger partial charge in [0, 0.05) is 12.4 Å². The van der Waals surface area contributed by atoms with Gasteiger partial charge in [0.2, 0.25) is 0 Å². The monoisotopic (exact) mass is 581 g/mol. The van der Waals surface area contributed by atoms with Crippen LogP contribution in [0.3, 0.4) is 0 Å². The van der Waals surface area contributed by atoms with Gasteiger partial charge in [0.25, 0.3) is 5.91 Å². The van der Waals surface area contributed by atoms with E-state index in [-0.39, 0.29) is 23.4 Å². The zero-order chi connectivity index (χ0) is 29.9. The lowest BCUT2D eigenvalue weighted by molar-refractivity contribution is 0.0910. The number of anilines is 1. The molecule has 0 aromatic carbocycles. The number of imidazole rings is 1. The number of fused-ring (bicyclic) bond motifs is 1. The predicted molar refractivity (Wildman–Crippen MR) is 156 cm³/mol. The largest absolute Gasteiger partial charge is 0.346 e. The summed E-state index contributed by atoms with van der Waals surface area (Å²) in [6, 6.07) is 5.10. The van der Waals surface area contributed by atoms with Gasteiger partial charge in [0.1, 0.15) is 29.0 Å². The van der Waals surface area contributed by atoms with E-state index in [4.69, 9.17) is 4.63 Å². The summed E-state index contributed by atoms with van der Waals surface area (Å²) in [5.74, 6) is 2.90. The van der Waals surface area contributed by atoms with E-state index in [0.717, 1.165) is 43.4 Å². The summed E-state index contributed by atoms with van der Waals surface area (Å²) in [4.78, 5) is 30.3. The molecule has 0 radical (unpaired) electrons. The number of hydrogen-bond acceptors (Lipinski definition) is 9. The molecule has 0 bridgehead atoms. The molecule has 2 aliphatic carbocycles. The average Bonchev–Trinajstić information content (AvgIpc) is 3.38. The summed E-state index contributed by atoms with van der Waals surface area (Å²) < 4.78 is 8.65. The van der Waals surface area contributed by atoms with Gasteiger partial charge >= 0.3 is 0 Å². The van der Waals surface area contributed by atoms with Crippen molar-refractivity contribution < 1.29 is 14.2 Å². The van der Waals surface area contributed by atoms with Gasteiger partial charge in [-0.05, 0) is 60.7 Å². The molecule has 4 aromatic heterocycles. The first-order valence-electron chi connectivity index (χ1n) is 15.0. The van der Waals surface area contributed by atoms with Crippen LogP contribution in [0.1, 0.15) is 92.3 Å². The Morgan fingerprint density at radius 2 is 1.95 bits per heavy atom. The molecule has 43 heavy (non-hydrogen) atoms. The normalized spacial score (nSPS) is 19.7. The first kappa shape index (κ1) is 28.4. The first-order chi connectivity index (χ1) is 21.0. The second-order valence-corrected chi connectivity index (χ2v) is 11.9. The molecular weight excluding hydrogens is 546 g/mol. The number of carbonyl (C=O) groups is 1. The van der Waals surface area contributed by atoms with Gasteiger partial charge in [-0.2, -0.15) is 10.4 Å². The van der Waals surface area contributed by atoms with E-state index < -0.39 is 11.9 Å². The van der Waals surface area contributed by atoms with Gasteiger partial charge in [-0.1, -0.05) is 44.7 Å². The maximum atomic E-state index is 13.3. The molecule has 12 heteroatoms. The van der Waals surface area contributed by atoms with Crippen LogP contribution in [0.5, 0.6) is 0 Å². The summed E-state index contributed by atoms with van der Waals surface area (Å²) in [6.45, 7) is 4.10. The van der Waals surface area contributed by atoms with E-state index in [1.54, 1.807) is 18.5 Å². The van der Waals surface area contributed by atoms with E-state index in [0.29, 0.717) is 35.2 Å². The first-order valence-corrected chi connectivity index (χ1v) is 15.0. The predicted octanol–water partition coefficient (Wildman–Crippen LogP) is 4.49. The fourth-order valence-corrected chi connectivity index (χ4v) is 6.11. The molecule has 4 heterocycles. The van der Waals surface area contributed by atoms with Gasteiger partial charge in [-0.3, -0.25) is 9.48 Å². The number of aryl methyl sites for hydroxylation is 1. The molecule has 12 nitrogen and oxygen atoms in total. The fraction of sp³-hybridized carbons (Fsp3) is 0.484. The molecule has 0 spiro atoms. The van der Waals surface area contributed by atoms with Crippen LogP contribution < -0.4 is 10.6 Å². The Bertz CT molecular complexity index is 1690. The summed E-state index contributed by atoms with van der Waals surface area (Å²) in [5, 5.41) is 28.0. The Kier molecular flexibility index (Phi) is 8.07. The number of amides is 1. The minimum atomic E-state index is -0.590. The van der Waals surface area contributed by atoms with Crippen LogP contribution in [0.2, 0.25) is 0 Å². The second-order valence-electron chi connectivity index (χ2n) is 11.9. The summed E-state index contributed by atoms with van der Waals surface area (Å²) in [6.07, 6.45) is 14.7. The zero-order valence-corrected chi connectivity index (χ0v) is 24.4. The third-order valence-electron chi connectivity index (χ3n) is 8.80. The van der Waals surface area contributed by atoms with Crippen LogP contribution in [0.4, 0.5) is 5.69 Å². The van der Waals surface area contributed by atoms with Gasteiger partial charge < -0.3 is 15.0 Å². The van der Waals surface area contributed by atoms with Crippen molar-refractivity contribution in [1.82, 2.24) is 34.8 Å². The minimum Gasteiger partial charge on any atom is -0.346 e. The number of nitriles is 1. The molecular formula is C31H35N9O3. The Labute approximate surface area is 249 Å². The van der Waals surface area contributed by atoms with Crippen molar-refractivity contribution in [3.8, 4) is 6.07 Å². The van der Waals surface area contributed by atoms with Crippen molar-refractivity contribution in [3.05, 3.63) is 65.3 Å². The van der Waals surface area contributed by atoms with Crippen LogP contribution in [0.15, 0.2) is 47.2 Å². The van der Waals surface area contributed by atoms with Crippen molar-refractivity contribution in [3.63, 3.8) is 0 Å². The van der Waals surface area contributed by atoms with Crippen molar-refractivity contribution in [1.29, 1.82) is 5.26 Å². The number of hydrogen-bond donors (Lipinski definition) is 2. The highest BCUT2D eigenvalue weighted by atomic mass is 16.6. The molecule has 2 atom stereocenters. The highest BCUT2D eigenvalue weighted by Crippen LogP contribution is 2.40. The number of carbonyl (C=O) groups excluding carboxylic acids is 2. The molecule has 2 N–H and O–H groups in total. The van der Waals surface area contributed by atoms with Gasteiger partial charge in [-0.15, -0.1) is 0 Å². The van der Waals surface area contributed by atoms with E-state index in [2.05, 4.69) is 50.0 Å². The molecule has 2 aliphatic rings. The average molecular weight is 582 g/mol. The molecule has 0 unspecified atom stereocenters. The van der Waals surface area contributed by atoms with Crippen LogP contribution in [0, 0.1) is 29.1 Å². The molecule has 222 valence electrons. The molecule has 1 amide bonds. The van der Waals surface area contributed by atoms with E-state index >= 15 is 0 Å². The highest BCUT2D eigenvalue weighted by Gasteiger charge is 2.34. The molecule has 2 fully saturated rings. The molecule has 6 rings (SSSR count). The quantitative estimate of drug-likeness (QED) is 0.244. The van der Waals surface area contributed by atoms with Crippen LogP contribution >= 0.6 is 0 Å². The Hall–Kier alpha value is -4.75. The smallest absolute Gasteiger partial charge is 0.276 e. The van der Waals surface area contributed by atoms with Gasteiger partial charge in [-0.25, -0.2) is 14.4 Å². The van der Waals surface area contributed by atoms with Gasteiger partial charge in [0.05, 0.1) is 41.4 Å². The summed E-state index contributed by atoms with van der Waals surface area (Å²) in [5.41, 5.74) is 3.72. The topological polar surface area (TPSA) is 156 Å². The molecule has 0 aliphatic heterocycles. The minimum absolute atomic E-state index is 0.0548. The number of pyridine rings is 1. The third-order valence-corrected chi connectivity index (χ3v) is 8.80. The highest BCUT2D eigenvalue weighted by molar-refractivity contribution is 5.93. The number of aromatic nitrogens is 6. The number of rotatable bonds is 11. The lowest BCUT2D eigenvalue weighted by atomic mass is 9.78.